The SMILES string of the molecule is COc1ccc2c(c1)C1(CCN(Cc3ccc(F)c(F)c3)CC1)CN2C(=O)CCC1CCCC1. The van der Waals surface area contributed by atoms with Crippen LogP contribution in [0.15, 0.2) is 36.4 Å². The number of hydrogen-bond donors (Lipinski definition) is 0. The van der Waals surface area contributed by atoms with E-state index in [2.05, 4.69) is 11.0 Å². The van der Waals surface area contributed by atoms with Crippen LogP contribution in [0.3, 0.4) is 0 Å². The Bertz CT molecular complexity index is 1040. The number of carbonyl (C=O) groups excluding carboxylic acids is 1. The molecule has 6 heteroatoms. The molecule has 0 bridgehead atoms. The summed E-state index contributed by atoms with van der Waals surface area (Å²) in [6.45, 7) is 3.01. The Morgan fingerprint density at radius 2 is 1.82 bits per heavy atom. The minimum Gasteiger partial charge on any atom is -0.497 e. The van der Waals surface area contributed by atoms with Crippen molar-refractivity contribution in [3.63, 3.8) is 0 Å². The van der Waals surface area contributed by atoms with Crippen LogP contribution >= 0.6 is 0 Å². The monoisotopic (exact) mass is 468 g/mol. The largest absolute Gasteiger partial charge is 0.497 e. The lowest BCUT2D eigenvalue weighted by Gasteiger charge is -2.40. The van der Waals surface area contributed by atoms with Crippen molar-refractivity contribution < 1.29 is 18.3 Å². The van der Waals surface area contributed by atoms with Gasteiger partial charge in [-0.15, -0.1) is 0 Å². The number of piperidine rings is 1. The van der Waals surface area contributed by atoms with E-state index in [1.54, 1.807) is 13.2 Å². The van der Waals surface area contributed by atoms with E-state index < -0.39 is 11.6 Å². The van der Waals surface area contributed by atoms with Crippen molar-refractivity contribution in [2.45, 2.75) is 63.3 Å². The molecule has 2 aliphatic heterocycles. The number of amides is 1. The van der Waals surface area contributed by atoms with Gasteiger partial charge in [-0.2, -0.15) is 0 Å². The molecule has 2 aromatic carbocycles. The molecule has 34 heavy (non-hydrogen) atoms. The van der Waals surface area contributed by atoms with Crippen LogP contribution in [-0.2, 0) is 16.8 Å². The average Bonchev–Trinajstić information content (AvgIpc) is 3.48. The van der Waals surface area contributed by atoms with Gasteiger partial charge in [0.1, 0.15) is 5.75 Å². The Balaban J connectivity index is 1.30. The zero-order valence-electron chi connectivity index (χ0n) is 20.0. The Labute approximate surface area is 200 Å². The third kappa shape index (κ3) is 4.57. The fraction of sp³-hybridized carbons (Fsp3) is 0.536. The van der Waals surface area contributed by atoms with E-state index in [0.717, 1.165) is 55.9 Å². The number of carbonyl (C=O) groups is 1. The number of likely N-dealkylation sites (tertiary alicyclic amines) is 1. The predicted molar refractivity (Wildman–Crippen MR) is 129 cm³/mol. The molecule has 1 saturated heterocycles. The second-order valence-corrected chi connectivity index (χ2v) is 10.4. The van der Waals surface area contributed by atoms with Crippen LogP contribution in [-0.4, -0.2) is 37.6 Å². The highest BCUT2D eigenvalue weighted by Gasteiger charge is 2.46. The Morgan fingerprint density at radius 3 is 2.53 bits per heavy atom. The van der Waals surface area contributed by atoms with Gasteiger partial charge in [-0.25, -0.2) is 8.78 Å². The first-order chi connectivity index (χ1) is 16.5. The third-order valence-electron chi connectivity index (χ3n) is 8.27. The van der Waals surface area contributed by atoms with Crippen molar-refractivity contribution in [3.05, 3.63) is 59.2 Å². The van der Waals surface area contributed by atoms with Crippen molar-refractivity contribution >= 4 is 11.6 Å². The lowest BCUT2D eigenvalue weighted by molar-refractivity contribution is -0.119. The number of anilines is 1. The molecule has 1 spiro atoms. The van der Waals surface area contributed by atoms with E-state index in [-0.39, 0.29) is 11.3 Å². The van der Waals surface area contributed by atoms with E-state index in [0.29, 0.717) is 18.9 Å². The van der Waals surface area contributed by atoms with E-state index in [4.69, 9.17) is 4.74 Å². The van der Waals surface area contributed by atoms with Gasteiger partial charge in [0.05, 0.1) is 7.11 Å². The summed E-state index contributed by atoms with van der Waals surface area (Å²) >= 11 is 0. The van der Waals surface area contributed by atoms with Gasteiger partial charge in [-0.1, -0.05) is 31.7 Å². The number of benzene rings is 2. The third-order valence-corrected chi connectivity index (χ3v) is 8.27. The maximum atomic E-state index is 13.6. The second kappa shape index (κ2) is 9.65. The van der Waals surface area contributed by atoms with Crippen LogP contribution < -0.4 is 9.64 Å². The van der Waals surface area contributed by atoms with E-state index >= 15 is 0 Å². The summed E-state index contributed by atoms with van der Waals surface area (Å²) in [6.07, 6.45) is 8.58. The van der Waals surface area contributed by atoms with Gasteiger partial charge in [0.25, 0.3) is 0 Å². The van der Waals surface area contributed by atoms with Crippen molar-refractivity contribution in [3.8, 4) is 5.75 Å². The predicted octanol–water partition coefficient (Wildman–Crippen LogP) is 5.82. The van der Waals surface area contributed by atoms with Crippen molar-refractivity contribution in [1.29, 1.82) is 0 Å². The summed E-state index contributed by atoms with van der Waals surface area (Å²) in [4.78, 5) is 17.6. The van der Waals surface area contributed by atoms with Crippen LogP contribution in [0, 0.1) is 17.6 Å². The number of hydrogen-bond acceptors (Lipinski definition) is 3. The van der Waals surface area contributed by atoms with Crippen molar-refractivity contribution in [1.82, 2.24) is 4.90 Å². The van der Waals surface area contributed by atoms with Crippen LogP contribution in [0.5, 0.6) is 5.75 Å². The average molecular weight is 469 g/mol. The van der Waals surface area contributed by atoms with Crippen molar-refractivity contribution in [2.24, 2.45) is 5.92 Å². The van der Waals surface area contributed by atoms with Gasteiger partial charge < -0.3 is 9.64 Å². The molecule has 0 radical (unpaired) electrons. The fourth-order valence-electron chi connectivity index (χ4n) is 6.22. The first-order valence-corrected chi connectivity index (χ1v) is 12.6. The molecule has 2 fully saturated rings. The maximum Gasteiger partial charge on any atom is 0.227 e. The molecule has 0 atom stereocenters. The van der Waals surface area contributed by atoms with Crippen LogP contribution in [0.1, 0.15) is 62.5 Å². The molecule has 1 saturated carbocycles. The number of halogens is 2. The molecule has 0 unspecified atom stereocenters. The van der Waals surface area contributed by atoms with Crippen LogP contribution in [0.2, 0.25) is 0 Å². The zero-order valence-corrected chi connectivity index (χ0v) is 20.0. The van der Waals surface area contributed by atoms with Gasteiger partial charge in [0.2, 0.25) is 5.91 Å². The van der Waals surface area contributed by atoms with Gasteiger partial charge in [-0.3, -0.25) is 9.69 Å². The zero-order chi connectivity index (χ0) is 23.7. The van der Waals surface area contributed by atoms with Gasteiger partial charge in [0, 0.05) is 30.6 Å². The number of nitrogens with zero attached hydrogens (tertiary/aromatic N) is 2. The lowest BCUT2D eigenvalue weighted by Crippen LogP contribution is -2.45. The van der Waals surface area contributed by atoms with Gasteiger partial charge in [-0.05, 0) is 79.7 Å². The molecule has 2 heterocycles. The molecule has 4 nitrogen and oxygen atoms in total. The molecule has 0 N–H and O–H groups in total. The Kier molecular flexibility index (Phi) is 6.61. The number of methoxy groups -OCH3 is 1. The summed E-state index contributed by atoms with van der Waals surface area (Å²) in [5, 5.41) is 0. The van der Waals surface area contributed by atoms with Gasteiger partial charge in [0.15, 0.2) is 11.6 Å². The molecular weight excluding hydrogens is 434 g/mol. The molecule has 2 aromatic rings. The summed E-state index contributed by atoms with van der Waals surface area (Å²) in [7, 11) is 1.68. The first kappa shape index (κ1) is 23.3. The smallest absolute Gasteiger partial charge is 0.227 e. The molecule has 1 aliphatic carbocycles. The summed E-state index contributed by atoms with van der Waals surface area (Å²) in [5.41, 5.74) is 2.95. The fourth-order valence-corrected chi connectivity index (χ4v) is 6.22. The standard InChI is InChI=1S/C28H34F2N2O2/c1-34-22-8-10-26-23(17-22)28(19-32(26)27(33)11-7-20-4-2-3-5-20)12-14-31(15-13-28)18-21-6-9-24(29)25(30)16-21/h6,8-10,16-17,20H,2-5,7,11-15,18-19H2,1H3. The number of fused-ring (bicyclic) bond motifs is 2. The molecular formula is C28H34F2N2O2. The number of rotatable bonds is 6. The van der Waals surface area contributed by atoms with Crippen LogP contribution in [0.25, 0.3) is 0 Å². The normalized spacial score (nSPS) is 20.1. The van der Waals surface area contributed by atoms with Crippen molar-refractivity contribution in [2.75, 3.05) is 31.6 Å². The summed E-state index contributed by atoms with van der Waals surface area (Å²) in [6, 6.07) is 10.3. The minimum atomic E-state index is -0.810. The highest BCUT2D eigenvalue weighted by molar-refractivity contribution is 5.96. The highest BCUT2D eigenvalue weighted by Crippen LogP contribution is 2.48. The quantitative estimate of drug-likeness (QED) is 0.535. The summed E-state index contributed by atoms with van der Waals surface area (Å²) in [5.74, 6) is 0.155. The molecule has 5 rings (SSSR count). The first-order valence-electron chi connectivity index (χ1n) is 12.6. The topological polar surface area (TPSA) is 32.8 Å². The van der Waals surface area contributed by atoms with Crippen LogP contribution in [0.4, 0.5) is 14.5 Å². The van der Waals surface area contributed by atoms with E-state index in [1.807, 2.05) is 17.0 Å². The number of ether oxygens (including phenoxy) is 1. The molecule has 182 valence electrons. The molecule has 1 amide bonds. The molecule has 0 aromatic heterocycles. The van der Waals surface area contributed by atoms with E-state index in [9.17, 15) is 13.6 Å². The van der Waals surface area contributed by atoms with E-state index in [1.165, 1.54) is 43.4 Å². The summed E-state index contributed by atoms with van der Waals surface area (Å²) < 4.78 is 32.5. The molecule has 3 aliphatic rings. The lowest BCUT2D eigenvalue weighted by atomic mass is 9.74. The van der Waals surface area contributed by atoms with Gasteiger partial charge >= 0.3 is 0 Å². The second-order valence-electron chi connectivity index (χ2n) is 10.4. The highest BCUT2D eigenvalue weighted by atomic mass is 19.2. The Morgan fingerprint density at radius 1 is 1.06 bits per heavy atom. The minimum absolute atomic E-state index is 0.0859. The Hall–Kier alpha value is -2.47. The maximum absolute atomic E-state index is 13.6.